The van der Waals surface area contributed by atoms with Crippen molar-refractivity contribution in [3.05, 3.63) is 12.2 Å². The summed E-state index contributed by atoms with van der Waals surface area (Å²) in [5, 5.41) is 0. The Balaban J connectivity index is 1.65. The van der Waals surface area contributed by atoms with Gasteiger partial charge in [-0.3, -0.25) is 0 Å². The van der Waals surface area contributed by atoms with E-state index in [-0.39, 0.29) is 0 Å². The predicted molar refractivity (Wildman–Crippen MR) is 74.2 cm³/mol. The third-order valence-electron chi connectivity index (χ3n) is 4.54. The summed E-state index contributed by atoms with van der Waals surface area (Å²) in [6.07, 6.45) is 8.78. The van der Waals surface area contributed by atoms with E-state index in [1.165, 1.54) is 58.5 Å². The van der Waals surface area contributed by atoms with Gasteiger partial charge in [0.1, 0.15) is 0 Å². The summed E-state index contributed by atoms with van der Waals surface area (Å²) in [7, 11) is 0. The van der Waals surface area contributed by atoms with Crippen LogP contribution < -0.4 is 0 Å². The Labute approximate surface area is 107 Å². The van der Waals surface area contributed by atoms with E-state index >= 15 is 0 Å². The van der Waals surface area contributed by atoms with Crippen molar-refractivity contribution >= 4 is 0 Å². The van der Waals surface area contributed by atoms with Crippen LogP contribution in [0.25, 0.3) is 0 Å². The molecule has 0 aromatic rings. The first-order chi connectivity index (χ1) is 8.33. The first-order valence-electron chi connectivity index (χ1n) is 7.43. The van der Waals surface area contributed by atoms with Crippen molar-refractivity contribution in [1.82, 2.24) is 9.80 Å². The van der Waals surface area contributed by atoms with Crippen molar-refractivity contribution < 1.29 is 0 Å². The summed E-state index contributed by atoms with van der Waals surface area (Å²) in [4.78, 5) is 5.23. The van der Waals surface area contributed by atoms with Gasteiger partial charge in [-0.25, -0.2) is 0 Å². The molecule has 1 fully saturated rings. The largest absolute Gasteiger partial charge is 0.304 e. The molecular weight excluding hydrogens is 208 g/mol. The minimum absolute atomic E-state index is 0.966. The van der Waals surface area contributed by atoms with Crippen molar-refractivity contribution in [3.8, 4) is 0 Å². The molecule has 2 nitrogen and oxygen atoms in total. The maximum absolute atomic E-state index is 2.70. The number of fused-ring (bicyclic) bond motifs is 1. The number of likely N-dealkylation sites (tertiary alicyclic amines) is 1. The van der Waals surface area contributed by atoms with Crippen molar-refractivity contribution in [2.75, 3.05) is 39.3 Å². The van der Waals surface area contributed by atoms with E-state index in [0.717, 1.165) is 11.8 Å². The van der Waals surface area contributed by atoms with Crippen LogP contribution in [0.5, 0.6) is 0 Å². The summed E-state index contributed by atoms with van der Waals surface area (Å²) in [6.45, 7) is 12.2. The van der Waals surface area contributed by atoms with Crippen LogP contribution in [-0.2, 0) is 0 Å². The normalized spacial score (nSPS) is 28.9. The summed E-state index contributed by atoms with van der Waals surface area (Å²) in [5.41, 5.74) is 0. The van der Waals surface area contributed by atoms with Gasteiger partial charge in [0.05, 0.1) is 0 Å². The fourth-order valence-corrected chi connectivity index (χ4v) is 3.35. The molecule has 0 spiro atoms. The second-order valence-corrected chi connectivity index (χ2v) is 5.60. The van der Waals surface area contributed by atoms with Gasteiger partial charge in [-0.05, 0) is 57.3 Å². The highest BCUT2D eigenvalue weighted by Crippen LogP contribution is 2.32. The molecule has 0 amide bonds. The van der Waals surface area contributed by atoms with Crippen LogP contribution in [0.3, 0.4) is 0 Å². The zero-order valence-corrected chi connectivity index (χ0v) is 11.6. The zero-order chi connectivity index (χ0) is 12.1. The monoisotopic (exact) mass is 236 g/mol. The summed E-state index contributed by atoms with van der Waals surface area (Å²) in [6, 6.07) is 0. The van der Waals surface area contributed by atoms with Crippen molar-refractivity contribution in [2.24, 2.45) is 11.8 Å². The van der Waals surface area contributed by atoms with Crippen LogP contribution in [0.2, 0.25) is 0 Å². The van der Waals surface area contributed by atoms with Gasteiger partial charge in [0.2, 0.25) is 0 Å². The van der Waals surface area contributed by atoms with Crippen LogP contribution in [0.4, 0.5) is 0 Å². The molecular formula is C15H28N2. The van der Waals surface area contributed by atoms with E-state index < -0.39 is 0 Å². The lowest BCUT2D eigenvalue weighted by atomic mass is 9.86. The molecule has 1 saturated heterocycles. The maximum Gasteiger partial charge on any atom is 0.00160 e. The van der Waals surface area contributed by atoms with Gasteiger partial charge >= 0.3 is 0 Å². The Morgan fingerprint density at radius 3 is 2.18 bits per heavy atom. The molecule has 2 atom stereocenters. The van der Waals surface area contributed by atoms with Crippen molar-refractivity contribution in [2.45, 2.75) is 33.1 Å². The lowest BCUT2D eigenvalue weighted by Crippen LogP contribution is -2.29. The molecule has 1 aliphatic carbocycles. The number of hydrogen-bond acceptors (Lipinski definition) is 2. The highest BCUT2D eigenvalue weighted by Gasteiger charge is 2.32. The van der Waals surface area contributed by atoms with Crippen LogP contribution in [0.1, 0.15) is 33.1 Å². The van der Waals surface area contributed by atoms with E-state index in [4.69, 9.17) is 0 Å². The minimum Gasteiger partial charge on any atom is -0.304 e. The highest BCUT2D eigenvalue weighted by atomic mass is 15.2. The molecule has 2 heteroatoms. The third-order valence-corrected chi connectivity index (χ3v) is 4.54. The Kier molecular flexibility index (Phi) is 5.05. The topological polar surface area (TPSA) is 6.48 Å². The average Bonchev–Trinajstić information content (AvgIpc) is 2.77. The zero-order valence-electron chi connectivity index (χ0n) is 11.6. The number of rotatable bonds is 6. The molecule has 0 N–H and O–H groups in total. The van der Waals surface area contributed by atoms with Crippen LogP contribution in [-0.4, -0.2) is 49.1 Å². The van der Waals surface area contributed by atoms with Crippen LogP contribution in [0, 0.1) is 11.8 Å². The second kappa shape index (κ2) is 6.55. The van der Waals surface area contributed by atoms with E-state index in [1.807, 2.05) is 0 Å². The van der Waals surface area contributed by atoms with E-state index in [2.05, 4.69) is 35.8 Å². The molecule has 2 aliphatic rings. The van der Waals surface area contributed by atoms with E-state index in [9.17, 15) is 0 Å². The molecule has 0 bridgehead atoms. The summed E-state index contributed by atoms with van der Waals surface area (Å²) >= 11 is 0. The van der Waals surface area contributed by atoms with Gasteiger partial charge in [0, 0.05) is 13.1 Å². The van der Waals surface area contributed by atoms with Crippen molar-refractivity contribution in [3.63, 3.8) is 0 Å². The lowest BCUT2D eigenvalue weighted by molar-refractivity contribution is 0.258. The molecule has 2 rings (SSSR count). The molecule has 1 heterocycles. The lowest BCUT2D eigenvalue weighted by Gasteiger charge is -2.20. The quantitative estimate of drug-likeness (QED) is 0.654. The molecule has 0 saturated carbocycles. The minimum atomic E-state index is 0.966. The molecule has 0 aromatic heterocycles. The maximum atomic E-state index is 2.70. The van der Waals surface area contributed by atoms with Gasteiger partial charge in [-0.2, -0.15) is 0 Å². The molecule has 1 aliphatic heterocycles. The highest BCUT2D eigenvalue weighted by molar-refractivity contribution is 4.99. The number of nitrogens with zero attached hydrogens (tertiary/aromatic N) is 2. The van der Waals surface area contributed by atoms with Crippen LogP contribution in [0.15, 0.2) is 12.2 Å². The van der Waals surface area contributed by atoms with Gasteiger partial charge < -0.3 is 9.80 Å². The first-order valence-corrected chi connectivity index (χ1v) is 7.43. The summed E-state index contributed by atoms with van der Waals surface area (Å²) in [5.74, 6) is 1.93. The predicted octanol–water partition coefficient (Wildman–Crippen LogP) is 2.62. The number of hydrogen-bond donors (Lipinski definition) is 0. The SMILES string of the molecule is CCN(CC)CCCN1C[C@H]2CC=CC[C@H]2C1. The molecule has 98 valence electrons. The third kappa shape index (κ3) is 3.56. The fourth-order valence-electron chi connectivity index (χ4n) is 3.35. The molecule has 0 unspecified atom stereocenters. The van der Waals surface area contributed by atoms with Crippen molar-refractivity contribution in [1.29, 1.82) is 0 Å². The fraction of sp³-hybridized carbons (Fsp3) is 0.867. The van der Waals surface area contributed by atoms with E-state index in [0.29, 0.717) is 0 Å². The first kappa shape index (κ1) is 13.1. The molecule has 0 radical (unpaired) electrons. The molecule has 17 heavy (non-hydrogen) atoms. The van der Waals surface area contributed by atoms with Crippen LogP contribution >= 0.6 is 0 Å². The van der Waals surface area contributed by atoms with Gasteiger partial charge in [0.15, 0.2) is 0 Å². The Morgan fingerprint density at radius 2 is 1.65 bits per heavy atom. The summed E-state index contributed by atoms with van der Waals surface area (Å²) < 4.78 is 0. The van der Waals surface area contributed by atoms with Gasteiger partial charge in [-0.1, -0.05) is 26.0 Å². The second-order valence-electron chi connectivity index (χ2n) is 5.60. The van der Waals surface area contributed by atoms with E-state index in [1.54, 1.807) is 0 Å². The number of allylic oxidation sites excluding steroid dienone is 2. The average molecular weight is 236 g/mol. The Bertz CT molecular complexity index is 229. The van der Waals surface area contributed by atoms with Gasteiger partial charge in [0.25, 0.3) is 0 Å². The molecule has 0 aromatic carbocycles. The standard InChI is InChI=1S/C15H28N2/c1-3-16(4-2)10-7-11-17-12-14-8-5-6-9-15(14)13-17/h5-6,14-15H,3-4,7-13H2,1-2H3/t14-,15+. The van der Waals surface area contributed by atoms with Gasteiger partial charge in [-0.15, -0.1) is 0 Å². The Hall–Kier alpha value is -0.340. The Morgan fingerprint density at radius 1 is 1.06 bits per heavy atom. The smallest absolute Gasteiger partial charge is 0.00160 e.